The minimum absolute atomic E-state index is 0.0439. The lowest BCUT2D eigenvalue weighted by Crippen LogP contribution is -2.42. The Bertz CT molecular complexity index is 426. The van der Waals surface area contributed by atoms with Gasteiger partial charge in [0, 0.05) is 0 Å². The van der Waals surface area contributed by atoms with Crippen molar-refractivity contribution in [2.45, 2.75) is 0 Å². The van der Waals surface area contributed by atoms with Crippen LogP contribution in [0.1, 0.15) is 10.4 Å². The molecule has 0 aliphatic heterocycles. The molecule has 2 amide bonds. The molecule has 2 N–H and O–H groups in total. The van der Waals surface area contributed by atoms with E-state index in [4.69, 9.17) is 23.2 Å². The molecule has 0 spiro atoms. The van der Waals surface area contributed by atoms with Crippen molar-refractivity contribution < 1.29 is 14.0 Å². The minimum atomic E-state index is -0.650. The summed E-state index contributed by atoms with van der Waals surface area (Å²) in [5, 5.41) is -0.0439. The van der Waals surface area contributed by atoms with Crippen LogP contribution in [0, 0.1) is 5.82 Å². The van der Waals surface area contributed by atoms with Gasteiger partial charge in [-0.1, -0.05) is 11.6 Å². The second-order valence-corrected chi connectivity index (χ2v) is 3.43. The van der Waals surface area contributed by atoms with Gasteiger partial charge in [0.1, 0.15) is 11.7 Å². The van der Waals surface area contributed by atoms with E-state index in [0.29, 0.717) is 0 Å². The molecule has 0 radical (unpaired) electrons. The number of amides is 2. The summed E-state index contributed by atoms with van der Waals surface area (Å²) in [5.74, 6) is -2.04. The van der Waals surface area contributed by atoms with E-state index >= 15 is 0 Å². The molecule has 7 heteroatoms. The Hall–Kier alpha value is -1.33. The first-order chi connectivity index (χ1) is 7.54. The van der Waals surface area contributed by atoms with E-state index in [1.165, 1.54) is 6.07 Å². The molecule has 0 saturated carbocycles. The first-order valence-electron chi connectivity index (χ1n) is 4.15. The van der Waals surface area contributed by atoms with Gasteiger partial charge in [-0.2, -0.15) is 0 Å². The van der Waals surface area contributed by atoms with Gasteiger partial charge in [-0.05, 0) is 18.2 Å². The van der Waals surface area contributed by atoms with E-state index in [9.17, 15) is 14.0 Å². The molecule has 0 unspecified atom stereocenters. The number of benzene rings is 1. The Morgan fingerprint density at radius 2 is 2.00 bits per heavy atom. The molecular formula is C9H7Cl2FN2O2. The van der Waals surface area contributed by atoms with Gasteiger partial charge in [-0.25, -0.2) is 4.39 Å². The maximum absolute atomic E-state index is 12.7. The smallest absolute Gasteiger partial charge is 0.271 e. The maximum atomic E-state index is 12.7. The Morgan fingerprint density at radius 1 is 1.31 bits per heavy atom. The number of alkyl halides is 1. The van der Waals surface area contributed by atoms with Crippen LogP contribution in [0.4, 0.5) is 4.39 Å². The zero-order valence-corrected chi connectivity index (χ0v) is 9.40. The van der Waals surface area contributed by atoms with Crippen molar-refractivity contribution >= 4 is 35.0 Å². The second-order valence-electron chi connectivity index (χ2n) is 2.76. The Balaban J connectivity index is 2.70. The molecule has 0 atom stereocenters. The van der Waals surface area contributed by atoms with Crippen LogP contribution >= 0.6 is 23.2 Å². The zero-order valence-electron chi connectivity index (χ0n) is 7.89. The molecule has 0 aromatic heterocycles. The molecule has 86 valence electrons. The number of hydrazine groups is 1. The summed E-state index contributed by atoms with van der Waals surface area (Å²) < 4.78 is 12.7. The van der Waals surface area contributed by atoms with Crippen LogP contribution in [-0.4, -0.2) is 17.7 Å². The fraction of sp³-hybridized carbons (Fsp3) is 0.111. The van der Waals surface area contributed by atoms with Crippen molar-refractivity contribution in [3.8, 4) is 0 Å². The van der Waals surface area contributed by atoms with Crippen LogP contribution < -0.4 is 10.9 Å². The third kappa shape index (κ3) is 3.36. The lowest BCUT2D eigenvalue weighted by molar-refractivity contribution is -0.119. The van der Waals surface area contributed by atoms with Gasteiger partial charge in [0.25, 0.3) is 11.8 Å². The van der Waals surface area contributed by atoms with Crippen LogP contribution in [0.15, 0.2) is 18.2 Å². The van der Waals surface area contributed by atoms with Crippen molar-refractivity contribution in [2.75, 3.05) is 5.88 Å². The van der Waals surface area contributed by atoms with Crippen LogP contribution in [0.25, 0.3) is 0 Å². The number of halogens is 3. The van der Waals surface area contributed by atoms with Gasteiger partial charge in [-0.15, -0.1) is 11.6 Å². The molecule has 4 nitrogen and oxygen atoms in total. The summed E-state index contributed by atoms with van der Waals surface area (Å²) in [6.07, 6.45) is 0. The lowest BCUT2D eigenvalue weighted by Gasteiger charge is -2.06. The third-order valence-electron chi connectivity index (χ3n) is 1.61. The molecule has 0 aliphatic carbocycles. The fourth-order valence-corrected chi connectivity index (χ4v) is 1.22. The Morgan fingerprint density at radius 3 is 2.56 bits per heavy atom. The standard InChI is InChI=1S/C9H7Cl2FN2O2/c10-4-8(15)13-14-9(16)6-2-1-5(12)3-7(6)11/h1-3H,4H2,(H,13,15)(H,14,16). The van der Waals surface area contributed by atoms with E-state index in [1.54, 1.807) is 0 Å². The van der Waals surface area contributed by atoms with Crippen molar-refractivity contribution in [1.82, 2.24) is 10.9 Å². The monoisotopic (exact) mass is 264 g/mol. The minimum Gasteiger partial charge on any atom is -0.272 e. The first kappa shape index (κ1) is 12.7. The molecular weight excluding hydrogens is 258 g/mol. The number of nitrogens with one attached hydrogen (secondary N) is 2. The van der Waals surface area contributed by atoms with Gasteiger partial charge in [-0.3, -0.25) is 20.4 Å². The molecule has 0 heterocycles. The molecule has 0 fully saturated rings. The SMILES string of the molecule is O=C(CCl)NNC(=O)c1ccc(F)cc1Cl. The van der Waals surface area contributed by atoms with Gasteiger partial charge >= 0.3 is 0 Å². The Kier molecular flexibility index (Phi) is 4.52. The Labute approximate surface area is 101 Å². The third-order valence-corrected chi connectivity index (χ3v) is 2.17. The highest BCUT2D eigenvalue weighted by Gasteiger charge is 2.11. The van der Waals surface area contributed by atoms with Crippen molar-refractivity contribution in [1.29, 1.82) is 0 Å². The lowest BCUT2D eigenvalue weighted by atomic mass is 10.2. The van der Waals surface area contributed by atoms with Crippen LogP contribution in [0.5, 0.6) is 0 Å². The summed E-state index contributed by atoms with van der Waals surface area (Å²) >= 11 is 10.8. The average molecular weight is 265 g/mol. The summed E-state index contributed by atoms with van der Waals surface area (Å²) in [5.41, 5.74) is 4.18. The molecule has 1 aromatic carbocycles. The maximum Gasteiger partial charge on any atom is 0.271 e. The van der Waals surface area contributed by atoms with E-state index in [0.717, 1.165) is 12.1 Å². The summed E-state index contributed by atoms with van der Waals surface area (Å²) in [4.78, 5) is 22.2. The van der Waals surface area contributed by atoms with Gasteiger partial charge in [0.15, 0.2) is 0 Å². The van der Waals surface area contributed by atoms with Crippen molar-refractivity contribution in [3.63, 3.8) is 0 Å². The largest absolute Gasteiger partial charge is 0.272 e. The summed E-state index contributed by atoms with van der Waals surface area (Å²) in [7, 11) is 0. The molecule has 0 aliphatic rings. The van der Waals surface area contributed by atoms with Crippen molar-refractivity contribution in [2.24, 2.45) is 0 Å². The van der Waals surface area contributed by atoms with Crippen LogP contribution in [0.2, 0.25) is 5.02 Å². The molecule has 16 heavy (non-hydrogen) atoms. The summed E-state index contributed by atoms with van der Waals surface area (Å²) in [6, 6.07) is 3.30. The quantitative estimate of drug-likeness (QED) is 0.628. The van der Waals surface area contributed by atoms with E-state index < -0.39 is 17.6 Å². The highest BCUT2D eigenvalue weighted by molar-refractivity contribution is 6.33. The van der Waals surface area contributed by atoms with Crippen LogP contribution in [-0.2, 0) is 4.79 Å². The normalized spacial score (nSPS) is 9.69. The molecule has 1 aromatic rings. The van der Waals surface area contributed by atoms with Gasteiger partial charge in [0.2, 0.25) is 0 Å². The predicted octanol–water partition coefficient (Wildman–Crippen LogP) is 1.48. The molecule has 0 bridgehead atoms. The average Bonchev–Trinajstić information content (AvgIpc) is 2.25. The molecule has 0 saturated heterocycles. The molecule has 1 rings (SSSR count). The van der Waals surface area contributed by atoms with E-state index in [1.807, 2.05) is 5.43 Å². The topological polar surface area (TPSA) is 58.2 Å². The number of carbonyl (C=O) groups excluding carboxylic acids is 2. The first-order valence-corrected chi connectivity index (χ1v) is 5.06. The number of hydrogen-bond acceptors (Lipinski definition) is 2. The fourth-order valence-electron chi connectivity index (χ4n) is 0.901. The van der Waals surface area contributed by atoms with Crippen molar-refractivity contribution in [3.05, 3.63) is 34.6 Å². The highest BCUT2D eigenvalue weighted by Crippen LogP contribution is 2.16. The van der Waals surface area contributed by atoms with Crippen LogP contribution in [0.3, 0.4) is 0 Å². The van der Waals surface area contributed by atoms with E-state index in [-0.39, 0.29) is 16.5 Å². The number of carbonyl (C=O) groups is 2. The van der Waals surface area contributed by atoms with E-state index in [2.05, 4.69) is 5.43 Å². The van der Waals surface area contributed by atoms with Gasteiger partial charge < -0.3 is 0 Å². The van der Waals surface area contributed by atoms with Gasteiger partial charge in [0.05, 0.1) is 10.6 Å². The predicted molar refractivity (Wildman–Crippen MR) is 57.7 cm³/mol. The summed E-state index contributed by atoms with van der Waals surface area (Å²) in [6.45, 7) is 0. The number of hydrogen-bond donors (Lipinski definition) is 2. The number of rotatable bonds is 2. The highest BCUT2D eigenvalue weighted by atomic mass is 35.5. The second kappa shape index (κ2) is 5.67. The zero-order chi connectivity index (χ0) is 12.1.